The Hall–Kier alpha value is -2.07. The number of carbonyl (C=O) groups excluding carboxylic acids is 1. The maximum atomic E-state index is 13.9. The molecule has 2 aliphatic rings. The minimum Gasteiger partial charge on any atom is -0.362 e. The monoisotopic (exact) mass is 495 g/mol. The van der Waals surface area contributed by atoms with Gasteiger partial charge in [0.15, 0.2) is 5.82 Å². The molecule has 0 aromatic carbocycles. The van der Waals surface area contributed by atoms with E-state index >= 15 is 0 Å². The molecule has 2 fully saturated rings. The van der Waals surface area contributed by atoms with Crippen molar-refractivity contribution in [3.8, 4) is 0 Å². The van der Waals surface area contributed by atoms with E-state index < -0.39 is 5.92 Å². The van der Waals surface area contributed by atoms with Crippen molar-refractivity contribution < 1.29 is 18.1 Å². The maximum absolute atomic E-state index is 13.9. The first-order chi connectivity index (χ1) is 16.2. The van der Waals surface area contributed by atoms with Gasteiger partial charge in [0, 0.05) is 49.7 Å². The lowest BCUT2D eigenvalue weighted by Gasteiger charge is -2.41. The Labute approximate surface area is 203 Å². The predicted octanol–water partition coefficient (Wildman–Crippen LogP) is 4.37. The average molecular weight is 496 g/mol. The minimum atomic E-state index is -2.97. The van der Waals surface area contributed by atoms with Crippen LogP contribution in [0.2, 0.25) is 0 Å². The standard InChI is InChI=1S/C24H35F2N5O2S/c1-16-14-30(10-11-31(16)23-21(15-33-29-23)24(3,25)26)9-8-18-4-6-19(7-5-18)28-22(32)12-20-13-27-17(2)34-20/h13,15-16,18-19H,4-12,14H2,1-3H3,(H,28,32). The SMILES string of the molecule is Cc1ncc(CC(=O)NC2CCC(CCN3CCN(c4nocc4C(C)(F)F)C(C)C3)CC2)s1. The normalized spacial score (nSPS) is 24.4. The zero-order valence-corrected chi connectivity index (χ0v) is 21.0. The molecule has 1 aliphatic heterocycles. The fourth-order valence-corrected chi connectivity index (χ4v) is 5.97. The first-order valence-electron chi connectivity index (χ1n) is 12.2. The van der Waals surface area contributed by atoms with Crippen LogP contribution in [0.3, 0.4) is 0 Å². The summed E-state index contributed by atoms with van der Waals surface area (Å²) in [5.74, 6) is -1.93. The highest BCUT2D eigenvalue weighted by Gasteiger charge is 2.36. The fourth-order valence-electron chi connectivity index (χ4n) is 5.17. The first kappa shape index (κ1) is 25.0. The summed E-state index contributed by atoms with van der Waals surface area (Å²) < 4.78 is 32.6. The molecule has 1 saturated carbocycles. The van der Waals surface area contributed by atoms with Crippen molar-refractivity contribution in [2.45, 2.75) is 77.3 Å². The molecule has 4 rings (SSSR count). The van der Waals surface area contributed by atoms with E-state index in [9.17, 15) is 13.6 Å². The van der Waals surface area contributed by atoms with Crippen LogP contribution >= 0.6 is 11.3 Å². The topological polar surface area (TPSA) is 74.5 Å². The average Bonchev–Trinajstić information content (AvgIpc) is 3.42. The third-order valence-corrected chi connectivity index (χ3v) is 7.99. The summed E-state index contributed by atoms with van der Waals surface area (Å²) in [5.41, 5.74) is -0.140. The number of amides is 1. The molecule has 1 unspecified atom stereocenters. The van der Waals surface area contributed by atoms with E-state index in [0.29, 0.717) is 18.9 Å². The highest BCUT2D eigenvalue weighted by Crippen LogP contribution is 2.35. The van der Waals surface area contributed by atoms with Gasteiger partial charge in [-0.2, -0.15) is 0 Å². The van der Waals surface area contributed by atoms with Crippen molar-refractivity contribution in [3.63, 3.8) is 0 Å². The van der Waals surface area contributed by atoms with Crippen LogP contribution in [0.1, 0.15) is 61.4 Å². The third-order valence-electron chi connectivity index (χ3n) is 7.08. The number of nitrogens with one attached hydrogen (secondary N) is 1. The van der Waals surface area contributed by atoms with Crippen molar-refractivity contribution in [1.29, 1.82) is 0 Å². The number of hydrogen-bond donors (Lipinski definition) is 1. The van der Waals surface area contributed by atoms with E-state index in [2.05, 4.69) is 27.3 Å². The smallest absolute Gasteiger partial charge is 0.277 e. The second-order valence-corrected chi connectivity index (χ2v) is 11.2. The van der Waals surface area contributed by atoms with E-state index in [1.807, 2.05) is 11.8 Å². The van der Waals surface area contributed by atoms with Crippen molar-refractivity contribution in [2.24, 2.45) is 5.92 Å². The quantitative estimate of drug-likeness (QED) is 0.586. The molecule has 34 heavy (non-hydrogen) atoms. The number of alkyl halides is 2. The number of rotatable bonds is 8. The van der Waals surface area contributed by atoms with E-state index in [0.717, 1.165) is 74.8 Å². The van der Waals surface area contributed by atoms with Gasteiger partial charge in [0.2, 0.25) is 5.91 Å². The number of halogens is 2. The lowest BCUT2D eigenvalue weighted by Crippen LogP contribution is -2.53. The zero-order valence-electron chi connectivity index (χ0n) is 20.2. The first-order valence-corrected chi connectivity index (χ1v) is 13.0. The molecule has 1 atom stereocenters. The van der Waals surface area contributed by atoms with Gasteiger partial charge in [0.25, 0.3) is 5.92 Å². The number of hydrogen-bond acceptors (Lipinski definition) is 7. The maximum Gasteiger partial charge on any atom is 0.277 e. The third kappa shape index (κ3) is 6.33. The van der Waals surface area contributed by atoms with Crippen LogP contribution in [0.15, 0.2) is 17.0 Å². The fraction of sp³-hybridized carbons (Fsp3) is 0.708. The molecule has 10 heteroatoms. The Balaban J connectivity index is 1.17. The number of carbonyl (C=O) groups is 1. The number of aromatic nitrogens is 2. The molecule has 188 valence electrons. The Bertz CT molecular complexity index is 951. The van der Waals surface area contributed by atoms with Gasteiger partial charge in [0.1, 0.15) is 11.8 Å². The molecule has 1 amide bonds. The molecule has 2 aromatic heterocycles. The summed E-state index contributed by atoms with van der Waals surface area (Å²) >= 11 is 1.58. The minimum absolute atomic E-state index is 0.0910. The summed E-state index contributed by atoms with van der Waals surface area (Å²) in [5, 5.41) is 8.06. The van der Waals surface area contributed by atoms with Crippen LogP contribution in [0, 0.1) is 12.8 Å². The summed E-state index contributed by atoms with van der Waals surface area (Å²) in [6, 6.07) is 0.364. The van der Waals surface area contributed by atoms with Gasteiger partial charge < -0.3 is 14.7 Å². The lowest BCUT2D eigenvalue weighted by molar-refractivity contribution is -0.121. The van der Waals surface area contributed by atoms with Gasteiger partial charge >= 0.3 is 0 Å². The van der Waals surface area contributed by atoms with Gasteiger partial charge in [-0.15, -0.1) is 11.3 Å². The van der Waals surface area contributed by atoms with Gasteiger partial charge in [-0.25, -0.2) is 13.8 Å². The molecule has 1 N–H and O–H groups in total. The highest BCUT2D eigenvalue weighted by atomic mass is 32.1. The largest absolute Gasteiger partial charge is 0.362 e. The van der Waals surface area contributed by atoms with Gasteiger partial charge in [-0.1, -0.05) is 5.16 Å². The molecule has 0 radical (unpaired) electrons. The van der Waals surface area contributed by atoms with Gasteiger partial charge in [0.05, 0.1) is 11.4 Å². The van der Waals surface area contributed by atoms with Crippen LogP contribution in [0.5, 0.6) is 0 Å². The van der Waals surface area contributed by atoms with Gasteiger partial charge in [-0.05, 0) is 58.4 Å². The van der Waals surface area contributed by atoms with Crippen molar-refractivity contribution in [1.82, 2.24) is 20.4 Å². The Kier molecular flexibility index (Phi) is 7.87. The Morgan fingerprint density at radius 1 is 1.29 bits per heavy atom. The van der Waals surface area contributed by atoms with Crippen LogP contribution in [0.25, 0.3) is 0 Å². The molecule has 0 bridgehead atoms. The molecule has 7 nitrogen and oxygen atoms in total. The van der Waals surface area contributed by atoms with E-state index in [-0.39, 0.29) is 29.4 Å². The summed E-state index contributed by atoms with van der Waals surface area (Å²) in [7, 11) is 0. The second-order valence-electron chi connectivity index (χ2n) is 9.88. The molecular formula is C24H35F2N5O2S. The number of nitrogens with zero attached hydrogens (tertiary/aromatic N) is 4. The molecular weight excluding hydrogens is 460 g/mol. The highest BCUT2D eigenvalue weighted by molar-refractivity contribution is 7.11. The predicted molar refractivity (Wildman–Crippen MR) is 128 cm³/mol. The Morgan fingerprint density at radius 3 is 2.71 bits per heavy atom. The molecule has 1 aliphatic carbocycles. The Morgan fingerprint density at radius 2 is 2.06 bits per heavy atom. The number of piperazine rings is 1. The summed E-state index contributed by atoms with van der Waals surface area (Å²) in [6.07, 6.45) is 8.73. The van der Waals surface area contributed by atoms with Crippen molar-refractivity contribution >= 4 is 23.1 Å². The number of aryl methyl sites for hydroxylation is 1. The zero-order chi connectivity index (χ0) is 24.3. The number of thiazole rings is 1. The summed E-state index contributed by atoms with van der Waals surface area (Å²) in [6.45, 7) is 8.22. The van der Waals surface area contributed by atoms with Gasteiger partial charge in [-0.3, -0.25) is 9.69 Å². The van der Waals surface area contributed by atoms with E-state index in [1.165, 1.54) is 0 Å². The molecule has 0 spiro atoms. The second kappa shape index (κ2) is 10.7. The van der Waals surface area contributed by atoms with E-state index in [1.54, 1.807) is 17.5 Å². The lowest BCUT2D eigenvalue weighted by atomic mass is 9.84. The van der Waals surface area contributed by atoms with Crippen LogP contribution in [-0.2, 0) is 17.1 Å². The summed E-state index contributed by atoms with van der Waals surface area (Å²) in [4.78, 5) is 21.9. The molecule has 2 aromatic rings. The van der Waals surface area contributed by atoms with Crippen molar-refractivity contribution in [2.75, 3.05) is 31.1 Å². The van der Waals surface area contributed by atoms with Crippen LogP contribution < -0.4 is 10.2 Å². The number of anilines is 1. The van der Waals surface area contributed by atoms with Crippen LogP contribution in [-0.4, -0.2) is 59.2 Å². The van der Waals surface area contributed by atoms with E-state index in [4.69, 9.17) is 4.52 Å². The molecule has 3 heterocycles. The van der Waals surface area contributed by atoms with Crippen molar-refractivity contribution in [3.05, 3.63) is 27.9 Å². The van der Waals surface area contributed by atoms with Crippen LogP contribution in [0.4, 0.5) is 14.6 Å². The molecule has 1 saturated heterocycles.